The van der Waals surface area contributed by atoms with Crippen LogP contribution in [0.5, 0.6) is 0 Å². The molecule has 110 valence electrons. The van der Waals surface area contributed by atoms with Crippen LogP contribution in [-0.2, 0) is 0 Å². The molecule has 7 heteroatoms. The van der Waals surface area contributed by atoms with Gasteiger partial charge in [0.2, 0.25) is 0 Å². The molecule has 0 bridgehead atoms. The monoisotopic (exact) mass is 435 g/mol. The number of benzene rings is 2. The third-order valence-electron chi connectivity index (χ3n) is 2.52. The van der Waals surface area contributed by atoms with Crippen molar-refractivity contribution in [3.8, 4) is 0 Å². The van der Waals surface area contributed by atoms with Gasteiger partial charge in [0.15, 0.2) is 0 Å². The van der Waals surface area contributed by atoms with Crippen molar-refractivity contribution in [2.45, 2.75) is 10.7 Å². The number of alkyl halides is 2. The fourth-order valence-corrected chi connectivity index (χ4v) is 3.22. The number of halogens is 4. The summed E-state index contributed by atoms with van der Waals surface area (Å²) in [7, 11) is 0. The first-order valence-electron chi connectivity index (χ1n) is 5.77. The molecule has 21 heavy (non-hydrogen) atoms. The summed E-state index contributed by atoms with van der Waals surface area (Å²) in [4.78, 5) is 12.5. The van der Waals surface area contributed by atoms with E-state index >= 15 is 0 Å². The van der Waals surface area contributed by atoms with Crippen LogP contribution in [0.3, 0.4) is 0 Å². The van der Waals surface area contributed by atoms with Crippen molar-refractivity contribution in [3.63, 3.8) is 0 Å². The van der Waals surface area contributed by atoms with Gasteiger partial charge in [-0.1, -0.05) is 27.7 Å². The zero-order valence-corrected chi connectivity index (χ0v) is 14.4. The van der Waals surface area contributed by atoms with Gasteiger partial charge >= 0.3 is 0 Å². The van der Waals surface area contributed by atoms with E-state index in [1.807, 2.05) is 12.1 Å². The van der Waals surface area contributed by atoms with Crippen LogP contribution in [0.1, 0.15) is 10.4 Å². The molecule has 0 aliphatic heterocycles. The summed E-state index contributed by atoms with van der Waals surface area (Å²) in [6.45, 7) is 0. The minimum atomic E-state index is -2.47. The van der Waals surface area contributed by atoms with Gasteiger partial charge < -0.3 is 5.32 Å². The second-order valence-corrected chi connectivity index (χ2v) is 6.81. The first-order chi connectivity index (χ1) is 9.95. The van der Waals surface area contributed by atoms with Crippen molar-refractivity contribution in [3.05, 3.63) is 57.0 Å². The molecule has 0 radical (unpaired) electrons. The molecule has 2 aromatic carbocycles. The molecule has 1 N–H and O–H groups in total. The average molecular weight is 437 g/mol. The van der Waals surface area contributed by atoms with Gasteiger partial charge in [-0.25, -0.2) is 0 Å². The van der Waals surface area contributed by atoms with E-state index in [9.17, 15) is 13.6 Å². The number of amides is 1. The fourth-order valence-electron chi connectivity index (χ4n) is 1.57. The van der Waals surface area contributed by atoms with E-state index in [-0.39, 0.29) is 5.91 Å². The highest BCUT2D eigenvalue weighted by Crippen LogP contribution is 2.27. The van der Waals surface area contributed by atoms with Gasteiger partial charge in [-0.2, -0.15) is 8.78 Å². The molecule has 0 atom stereocenters. The van der Waals surface area contributed by atoms with Gasteiger partial charge in [0.25, 0.3) is 11.7 Å². The Labute approximate surface area is 141 Å². The van der Waals surface area contributed by atoms with E-state index in [4.69, 9.17) is 0 Å². The first kappa shape index (κ1) is 16.5. The smallest absolute Gasteiger partial charge is 0.288 e. The number of nitrogens with one attached hydrogen (secondary N) is 1. The average Bonchev–Trinajstić information content (AvgIpc) is 2.42. The predicted octanol–water partition coefficient (Wildman–Crippen LogP) is 5.78. The second kappa shape index (κ2) is 7.38. The Morgan fingerprint density at radius 2 is 1.76 bits per heavy atom. The van der Waals surface area contributed by atoms with Crippen molar-refractivity contribution >= 4 is 55.2 Å². The van der Waals surface area contributed by atoms with Crippen LogP contribution in [0.25, 0.3) is 0 Å². The molecule has 0 fully saturated rings. The van der Waals surface area contributed by atoms with Crippen molar-refractivity contribution in [1.29, 1.82) is 0 Å². The van der Waals surface area contributed by atoms with Gasteiger partial charge in [0.05, 0.1) is 5.69 Å². The predicted molar refractivity (Wildman–Crippen MR) is 88.1 cm³/mol. The Kier molecular flexibility index (Phi) is 5.78. The zero-order chi connectivity index (χ0) is 15.4. The lowest BCUT2D eigenvalue weighted by Gasteiger charge is -2.08. The third-order valence-corrected chi connectivity index (χ3v) is 4.39. The summed E-state index contributed by atoms with van der Waals surface area (Å²) in [5.41, 5.74) is 1.04. The molecule has 0 aliphatic rings. The molecule has 0 unspecified atom stereocenters. The van der Waals surface area contributed by atoms with Crippen LogP contribution in [0.2, 0.25) is 0 Å². The molecule has 2 nitrogen and oxygen atoms in total. The van der Waals surface area contributed by atoms with Crippen molar-refractivity contribution < 1.29 is 13.6 Å². The Morgan fingerprint density at radius 3 is 2.33 bits per heavy atom. The minimum Gasteiger partial charge on any atom is -0.321 e. The van der Waals surface area contributed by atoms with Crippen molar-refractivity contribution in [2.75, 3.05) is 5.32 Å². The van der Waals surface area contributed by atoms with Gasteiger partial charge in [-0.15, -0.1) is 0 Å². The normalized spacial score (nSPS) is 10.7. The van der Waals surface area contributed by atoms with E-state index in [2.05, 4.69) is 37.2 Å². The van der Waals surface area contributed by atoms with Crippen LogP contribution in [0.4, 0.5) is 14.5 Å². The summed E-state index contributed by atoms with van der Waals surface area (Å²) in [6, 6.07) is 11.4. The maximum Gasteiger partial charge on any atom is 0.288 e. The number of rotatable bonds is 4. The molecule has 0 spiro atoms. The van der Waals surface area contributed by atoms with E-state index in [1.165, 1.54) is 24.3 Å². The second-order valence-electron chi connectivity index (χ2n) is 3.98. The number of hydrogen-bond donors (Lipinski definition) is 1. The van der Waals surface area contributed by atoms with Crippen molar-refractivity contribution in [2.24, 2.45) is 0 Å². The summed E-state index contributed by atoms with van der Waals surface area (Å²) < 4.78 is 26.1. The lowest BCUT2D eigenvalue weighted by atomic mass is 10.2. The molecule has 0 heterocycles. The van der Waals surface area contributed by atoms with Gasteiger partial charge in [-0.3, -0.25) is 4.79 Å². The first-order valence-corrected chi connectivity index (χ1v) is 8.23. The zero-order valence-electron chi connectivity index (χ0n) is 10.4. The number of carbonyl (C=O) groups is 1. The van der Waals surface area contributed by atoms with Gasteiger partial charge in [0.1, 0.15) is 0 Å². The summed E-state index contributed by atoms with van der Waals surface area (Å²) in [6.07, 6.45) is 0. The Bertz CT molecular complexity index is 650. The van der Waals surface area contributed by atoms with Crippen LogP contribution in [0.15, 0.2) is 56.3 Å². The summed E-state index contributed by atoms with van der Waals surface area (Å²) in [5.74, 6) is -2.77. The van der Waals surface area contributed by atoms with Crippen LogP contribution in [-0.4, -0.2) is 11.7 Å². The van der Waals surface area contributed by atoms with E-state index in [0.717, 1.165) is 8.95 Å². The molecule has 2 aromatic rings. The number of carbonyl (C=O) groups excluding carboxylic acids is 1. The summed E-state index contributed by atoms with van der Waals surface area (Å²) >= 11 is 7.13. The SMILES string of the molecule is O=C(Nc1ccc(Br)cc1Br)c1ccc(SC(F)F)cc1. The van der Waals surface area contributed by atoms with Gasteiger partial charge in [0, 0.05) is 19.4 Å². The number of anilines is 1. The van der Waals surface area contributed by atoms with Crippen LogP contribution < -0.4 is 5.32 Å². The highest BCUT2D eigenvalue weighted by Gasteiger charge is 2.10. The third kappa shape index (κ3) is 4.79. The topological polar surface area (TPSA) is 29.1 Å². The minimum absolute atomic E-state index is 0.299. The molecule has 1 amide bonds. The van der Waals surface area contributed by atoms with E-state index in [1.54, 1.807) is 6.07 Å². The Morgan fingerprint density at radius 1 is 1.10 bits per heavy atom. The van der Waals surface area contributed by atoms with Crippen LogP contribution in [0, 0.1) is 0 Å². The van der Waals surface area contributed by atoms with Gasteiger partial charge in [-0.05, 0) is 58.4 Å². The highest BCUT2D eigenvalue weighted by molar-refractivity contribution is 9.11. The largest absolute Gasteiger partial charge is 0.321 e. The maximum atomic E-state index is 12.2. The molecule has 0 saturated heterocycles. The van der Waals surface area contributed by atoms with E-state index in [0.29, 0.717) is 27.9 Å². The maximum absolute atomic E-state index is 12.2. The molecule has 0 saturated carbocycles. The Balaban J connectivity index is 2.09. The number of thioether (sulfide) groups is 1. The van der Waals surface area contributed by atoms with E-state index < -0.39 is 5.76 Å². The lowest BCUT2D eigenvalue weighted by Crippen LogP contribution is -2.12. The summed E-state index contributed by atoms with van der Waals surface area (Å²) in [5, 5.41) is 2.75. The lowest BCUT2D eigenvalue weighted by molar-refractivity contribution is 0.102. The quantitative estimate of drug-likeness (QED) is 0.615. The van der Waals surface area contributed by atoms with Crippen LogP contribution >= 0.6 is 43.6 Å². The molecule has 0 aromatic heterocycles. The molecular weight excluding hydrogens is 428 g/mol. The number of hydrogen-bond acceptors (Lipinski definition) is 2. The standard InChI is InChI=1S/C14H9Br2F2NOS/c15-9-3-6-12(11(16)7-9)19-13(20)8-1-4-10(5-2-8)21-14(17)18/h1-7,14H,(H,19,20). The highest BCUT2D eigenvalue weighted by atomic mass is 79.9. The molecular formula is C14H9Br2F2NOS. The fraction of sp³-hybridized carbons (Fsp3) is 0.0714. The Hall–Kier alpha value is -0.920. The van der Waals surface area contributed by atoms with Crippen molar-refractivity contribution in [1.82, 2.24) is 0 Å². The molecule has 2 rings (SSSR count). The molecule has 0 aliphatic carbocycles.